The highest BCUT2D eigenvalue weighted by molar-refractivity contribution is 7.89. The molecule has 3 aromatic carbocycles. The highest BCUT2D eigenvalue weighted by Gasteiger charge is 2.20. The molecule has 0 spiro atoms. The van der Waals surface area contributed by atoms with E-state index in [1.165, 1.54) is 12.1 Å². The summed E-state index contributed by atoms with van der Waals surface area (Å²) >= 11 is 0. The molecule has 7 heteroatoms. The summed E-state index contributed by atoms with van der Waals surface area (Å²) in [5, 5.41) is 2.79. The number of hydrogen-bond donors (Lipinski definition) is 2. The summed E-state index contributed by atoms with van der Waals surface area (Å²) in [5.41, 5.74) is 2.68. The van der Waals surface area contributed by atoms with Crippen molar-refractivity contribution in [2.75, 3.05) is 5.32 Å². The third kappa shape index (κ3) is 6.18. The molecule has 0 aliphatic rings. The van der Waals surface area contributed by atoms with Crippen LogP contribution in [0, 0.1) is 0 Å². The van der Waals surface area contributed by atoms with Crippen molar-refractivity contribution in [1.29, 1.82) is 0 Å². The fourth-order valence-corrected chi connectivity index (χ4v) is 4.41. The number of amides is 1. The van der Waals surface area contributed by atoms with Crippen molar-refractivity contribution in [3.8, 4) is 16.9 Å². The number of carbonyl (C=O) groups is 1. The molecule has 1 amide bonds. The number of ether oxygens (including phenoxy) is 1. The van der Waals surface area contributed by atoms with Crippen LogP contribution < -0.4 is 14.8 Å². The molecule has 0 radical (unpaired) electrons. The van der Waals surface area contributed by atoms with Crippen molar-refractivity contribution in [3.05, 3.63) is 78.9 Å². The molecule has 6 nitrogen and oxygen atoms in total. The summed E-state index contributed by atoms with van der Waals surface area (Å²) in [6.45, 7) is 5.38. The molecule has 0 aliphatic heterocycles. The van der Waals surface area contributed by atoms with Gasteiger partial charge < -0.3 is 10.1 Å². The molecule has 3 rings (SSSR count). The first-order valence-corrected chi connectivity index (χ1v) is 12.0. The van der Waals surface area contributed by atoms with Gasteiger partial charge in [-0.3, -0.25) is 4.79 Å². The van der Waals surface area contributed by atoms with Gasteiger partial charge in [-0.2, -0.15) is 0 Å². The minimum absolute atomic E-state index is 0.144. The fraction of sp³-hybridized carbons (Fsp3) is 0.240. The average Bonchev–Trinajstić information content (AvgIpc) is 2.78. The van der Waals surface area contributed by atoms with Crippen LogP contribution in [-0.4, -0.2) is 26.5 Å². The second-order valence-corrected chi connectivity index (χ2v) is 9.41. The highest BCUT2D eigenvalue weighted by atomic mass is 32.2. The first-order chi connectivity index (χ1) is 15.3. The Morgan fingerprint density at radius 2 is 1.47 bits per heavy atom. The van der Waals surface area contributed by atoms with E-state index in [9.17, 15) is 13.2 Å². The fourth-order valence-electron chi connectivity index (χ4n) is 3.16. The maximum absolute atomic E-state index is 12.7. The second-order valence-electron chi connectivity index (χ2n) is 7.69. The first-order valence-electron chi connectivity index (χ1n) is 10.5. The summed E-state index contributed by atoms with van der Waals surface area (Å²) in [7, 11) is -3.58. The molecule has 0 heterocycles. The molecule has 1 atom stereocenters. The number of sulfonamides is 1. The van der Waals surface area contributed by atoms with Crippen molar-refractivity contribution < 1.29 is 17.9 Å². The van der Waals surface area contributed by atoms with Gasteiger partial charge in [0, 0.05) is 11.7 Å². The zero-order valence-electron chi connectivity index (χ0n) is 18.4. The quantitative estimate of drug-likeness (QED) is 0.487. The first kappa shape index (κ1) is 23.5. The van der Waals surface area contributed by atoms with Crippen molar-refractivity contribution >= 4 is 21.6 Å². The predicted octanol–water partition coefficient (Wildman–Crippen LogP) is 4.84. The molecule has 32 heavy (non-hydrogen) atoms. The van der Waals surface area contributed by atoms with Gasteiger partial charge in [0.15, 0.2) is 6.10 Å². The van der Waals surface area contributed by atoms with Crippen LogP contribution in [0.5, 0.6) is 5.75 Å². The number of hydrogen-bond acceptors (Lipinski definition) is 4. The van der Waals surface area contributed by atoms with Crippen LogP contribution in [0.1, 0.15) is 27.2 Å². The van der Waals surface area contributed by atoms with E-state index in [1.54, 1.807) is 26.0 Å². The normalized spacial score (nSPS) is 12.4. The Morgan fingerprint density at radius 1 is 0.875 bits per heavy atom. The van der Waals surface area contributed by atoms with Crippen molar-refractivity contribution in [2.45, 2.75) is 44.2 Å². The van der Waals surface area contributed by atoms with Gasteiger partial charge in [0.05, 0.1) is 4.90 Å². The van der Waals surface area contributed by atoms with Crippen LogP contribution in [0.3, 0.4) is 0 Å². The second kappa shape index (κ2) is 10.4. The van der Waals surface area contributed by atoms with E-state index in [1.807, 2.05) is 61.5 Å². The molecule has 0 aliphatic carbocycles. The lowest BCUT2D eigenvalue weighted by Gasteiger charge is -2.18. The lowest BCUT2D eigenvalue weighted by Crippen LogP contribution is -2.32. The summed E-state index contributed by atoms with van der Waals surface area (Å²) < 4.78 is 32.9. The van der Waals surface area contributed by atoms with Gasteiger partial charge in [-0.15, -0.1) is 0 Å². The van der Waals surface area contributed by atoms with E-state index < -0.39 is 16.1 Å². The minimum atomic E-state index is -3.58. The van der Waals surface area contributed by atoms with Crippen molar-refractivity contribution in [2.24, 2.45) is 0 Å². The lowest BCUT2D eigenvalue weighted by molar-refractivity contribution is -0.122. The zero-order chi connectivity index (χ0) is 23.1. The molecule has 0 bridgehead atoms. The molecule has 2 N–H and O–H groups in total. The van der Waals surface area contributed by atoms with Gasteiger partial charge in [0.2, 0.25) is 10.0 Å². The third-order valence-corrected chi connectivity index (χ3v) is 6.40. The van der Waals surface area contributed by atoms with Crippen LogP contribution in [-0.2, 0) is 14.8 Å². The Balaban J connectivity index is 1.63. The van der Waals surface area contributed by atoms with Gasteiger partial charge in [-0.05, 0) is 67.8 Å². The Morgan fingerprint density at radius 3 is 2.03 bits per heavy atom. The van der Waals surface area contributed by atoms with E-state index in [-0.39, 0.29) is 16.8 Å². The van der Waals surface area contributed by atoms with Gasteiger partial charge in [-0.25, -0.2) is 13.1 Å². The SMILES string of the molecule is CCC(Oc1ccc(-c2ccccc2)cc1)C(=O)Nc1ccc(S(=O)(=O)NC(C)C)cc1. The molecule has 0 saturated heterocycles. The minimum Gasteiger partial charge on any atom is -0.481 e. The number of anilines is 1. The predicted molar refractivity (Wildman–Crippen MR) is 127 cm³/mol. The van der Waals surface area contributed by atoms with E-state index in [4.69, 9.17) is 4.74 Å². The summed E-state index contributed by atoms with van der Waals surface area (Å²) in [6, 6.07) is 23.5. The van der Waals surface area contributed by atoms with E-state index >= 15 is 0 Å². The average molecular weight is 453 g/mol. The Hall–Kier alpha value is -3.16. The monoisotopic (exact) mass is 452 g/mol. The van der Waals surface area contributed by atoms with Gasteiger partial charge >= 0.3 is 0 Å². The van der Waals surface area contributed by atoms with Gasteiger partial charge in [0.25, 0.3) is 5.91 Å². The summed E-state index contributed by atoms with van der Waals surface area (Å²) in [5.74, 6) is 0.309. The number of carbonyl (C=O) groups excluding carboxylic acids is 1. The van der Waals surface area contributed by atoms with Crippen molar-refractivity contribution in [3.63, 3.8) is 0 Å². The van der Waals surface area contributed by atoms with E-state index in [0.717, 1.165) is 11.1 Å². The van der Waals surface area contributed by atoms with Crippen LogP contribution in [0.15, 0.2) is 83.8 Å². The standard InChI is InChI=1S/C25H28N2O4S/c1-4-24(31-22-14-10-20(11-15-22)19-8-6-5-7-9-19)25(28)26-21-12-16-23(17-13-21)32(29,30)27-18(2)3/h5-18,24,27H,4H2,1-3H3,(H,26,28). The zero-order valence-corrected chi connectivity index (χ0v) is 19.2. The number of rotatable bonds is 9. The topological polar surface area (TPSA) is 84.5 Å². The Kier molecular flexibility index (Phi) is 7.66. The maximum Gasteiger partial charge on any atom is 0.265 e. The van der Waals surface area contributed by atoms with Crippen LogP contribution in [0.4, 0.5) is 5.69 Å². The van der Waals surface area contributed by atoms with Crippen LogP contribution in [0.25, 0.3) is 11.1 Å². The molecule has 0 fully saturated rings. The largest absolute Gasteiger partial charge is 0.481 e. The van der Waals surface area contributed by atoms with E-state index in [0.29, 0.717) is 17.9 Å². The summed E-state index contributed by atoms with van der Waals surface area (Å²) in [4.78, 5) is 12.8. The molecule has 3 aromatic rings. The number of nitrogens with one attached hydrogen (secondary N) is 2. The van der Waals surface area contributed by atoms with Gasteiger partial charge in [-0.1, -0.05) is 49.4 Å². The molecule has 1 unspecified atom stereocenters. The van der Waals surface area contributed by atoms with Crippen LogP contribution >= 0.6 is 0 Å². The Labute approximate surface area is 189 Å². The molecular weight excluding hydrogens is 424 g/mol. The highest BCUT2D eigenvalue weighted by Crippen LogP contribution is 2.23. The van der Waals surface area contributed by atoms with Crippen molar-refractivity contribution in [1.82, 2.24) is 4.72 Å². The van der Waals surface area contributed by atoms with Crippen LogP contribution in [0.2, 0.25) is 0 Å². The summed E-state index contributed by atoms with van der Waals surface area (Å²) in [6.07, 6.45) is -0.194. The third-order valence-electron chi connectivity index (χ3n) is 4.73. The maximum atomic E-state index is 12.7. The lowest BCUT2D eigenvalue weighted by atomic mass is 10.1. The molecular formula is C25H28N2O4S. The van der Waals surface area contributed by atoms with Gasteiger partial charge in [0.1, 0.15) is 5.75 Å². The molecule has 0 saturated carbocycles. The molecule has 0 aromatic heterocycles. The number of benzene rings is 3. The van der Waals surface area contributed by atoms with E-state index in [2.05, 4.69) is 10.0 Å². The molecule has 168 valence electrons. The smallest absolute Gasteiger partial charge is 0.265 e. The Bertz CT molecular complexity index is 1130.